The Morgan fingerprint density at radius 1 is 1.14 bits per heavy atom. The summed E-state index contributed by atoms with van der Waals surface area (Å²) in [5.41, 5.74) is -0.173. The van der Waals surface area contributed by atoms with E-state index in [2.05, 4.69) is 15.9 Å². The van der Waals surface area contributed by atoms with Gasteiger partial charge in [-0.05, 0) is 30.4 Å². The Hall–Kier alpha value is -2.02. The number of imide groups is 1. The summed E-state index contributed by atoms with van der Waals surface area (Å²) < 4.78 is 0.531. The Morgan fingerprint density at radius 2 is 1.73 bits per heavy atom. The smallest absolute Gasteiger partial charge is 0.274 e. The van der Waals surface area contributed by atoms with Crippen LogP contribution in [-0.4, -0.2) is 16.7 Å². The lowest BCUT2D eigenvalue weighted by atomic mass is 9.85. The molecule has 112 valence electrons. The third-order valence-electron chi connectivity index (χ3n) is 4.85. The van der Waals surface area contributed by atoms with E-state index in [4.69, 9.17) is 0 Å². The molecule has 0 radical (unpaired) electrons. The monoisotopic (exact) mass is 362 g/mol. The molecule has 2 fully saturated rings. The molecule has 0 aromatic heterocycles. The summed E-state index contributed by atoms with van der Waals surface area (Å²) in [6.07, 6.45) is 4.83. The van der Waals surface area contributed by atoms with E-state index in [-0.39, 0.29) is 46.9 Å². The Bertz CT molecular complexity index is 730. The van der Waals surface area contributed by atoms with E-state index >= 15 is 0 Å². The summed E-state index contributed by atoms with van der Waals surface area (Å²) in [5, 5.41) is 11.3. The number of hydrogen-bond acceptors (Lipinski definition) is 4. The second-order valence-electron chi connectivity index (χ2n) is 5.90. The van der Waals surface area contributed by atoms with Crippen LogP contribution < -0.4 is 4.90 Å². The number of benzene rings is 1. The second kappa shape index (κ2) is 4.49. The topological polar surface area (TPSA) is 80.5 Å². The molecule has 1 saturated carbocycles. The number of carbonyl (C=O) groups excluding carboxylic acids is 2. The van der Waals surface area contributed by atoms with Gasteiger partial charge < -0.3 is 0 Å². The van der Waals surface area contributed by atoms with E-state index in [0.717, 1.165) is 11.3 Å². The molecule has 1 aliphatic heterocycles. The molecule has 1 saturated heterocycles. The highest BCUT2D eigenvalue weighted by Crippen LogP contribution is 2.53. The summed E-state index contributed by atoms with van der Waals surface area (Å²) in [6, 6.07) is 4.37. The number of nitro benzene ring substituents is 1. The van der Waals surface area contributed by atoms with Crippen molar-refractivity contribution in [1.82, 2.24) is 0 Å². The summed E-state index contributed by atoms with van der Waals surface area (Å²) in [6.45, 7) is 0. The van der Waals surface area contributed by atoms with Gasteiger partial charge in [-0.2, -0.15) is 0 Å². The minimum absolute atomic E-state index is 0.0667. The molecule has 3 aliphatic rings. The summed E-state index contributed by atoms with van der Waals surface area (Å²) in [5.74, 6) is -1.15. The third-order valence-corrected chi connectivity index (χ3v) is 5.34. The van der Waals surface area contributed by atoms with Gasteiger partial charge in [0.1, 0.15) is 5.69 Å². The van der Waals surface area contributed by atoms with Gasteiger partial charge in [0.15, 0.2) is 0 Å². The number of anilines is 1. The number of rotatable bonds is 2. The van der Waals surface area contributed by atoms with Crippen LogP contribution in [0.4, 0.5) is 11.4 Å². The van der Waals surface area contributed by atoms with Crippen molar-refractivity contribution >= 4 is 39.1 Å². The Kier molecular flexibility index (Phi) is 2.78. The van der Waals surface area contributed by atoms with Gasteiger partial charge >= 0.3 is 0 Å². The van der Waals surface area contributed by atoms with Crippen molar-refractivity contribution in [2.45, 2.75) is 6.42 Å². The van der Waals surface area contributed by atoms with E-state index < -0.39 is 4.92 Å². The molecular formula is C15H11BrN2O4. The van der Waals surface area contributed by atoms with Crippen molar-refractivity contribution in [3.05, 3.63) is 44.9 Å². The highest BCUT2D eigenvalue weighted by atomic mass is 79.9. The second-order valence-corrected chi connectivity index (χ2v) is 6.82. The van der Waals surface area contributed by atoms with Crippen molar-refractivity contribution in [2.24, 2.45) is 23.7 Å². The molecule has 1 heterocycles. The zero-order valence-electron chi connectivity index (χ0n) is 11.3. The molecule has 22 heavy (non-hydrogen) atoms. The number of halogens is 1. The minimum Gasteiger partial charge on any atom is -0.274 e. The molecular weight excluding hydrogens is 352 g/mol. The van der Waals surface area contributed by atoms with Crippen molar-refractivity contribution in [1.29, 1.82) is 0 Å². The maximum absolute atomic E-state index is 12.7. The molecule has 2 amide bonds. The van der Waals surface area contributed by atoms with Crippen molar-refractivity contribution in [3.63, 3.8) is 0 Å². The third kappa shape index (κ3) is 1.65. The van der Waals surface area contributed by atoms with E-state index in [9.17, 15) is 19.7 Å². The standard InChI is InChI=1S/C15H11BrN2O4/c16-9-3-4-10(11(6-9)18(21)22)17-14(19)12-7-1-2-8(5-7)13(12)15(17)20/h1-4,6-8,12-13H,5H2/t7-,8-,12-,13+/m0/s1. The number of nitro groups is 1. The molecule has 1 aromatic rings. The zero-order chi connectivity index (χ0) is 15.6. The predicted octanol–water partition coefficient (Wildman–Crippen LogP) is 2.67. The quantitative estimate of drug-likeness (QED) is 0.350. The lowest BCUT2D eigenvalue weighted by Crippen LogP contribution is -2.33. The van der Waals surface area contributed by atoms with Crippen molar-refractivity contribution in [3.8, 4) is 0 Å². The predicted molar refractivity (Wildman–Crippen MR) is 81.0 cm³/mol. The summed E-state index contributed by atoms with van der Waals surface area (Å²) in [4.78, 5) is 37.1. The molecule has 0 unspecified atom stereocenters. The first-order chi connectivity index (χ1) is 10.5. The van der Waals surface area contributed by atoms with E-state index in [1.54, 1.807) is 6.07 Å². The van der Waals surface area contributed by atoms with Gasteiger partial charge in [0.05, 0.1) is 16.8 Å². The number of hydrogen-bond donors (Lipinski definition) is 0. The van der Waals surface area contributed by atoms with Gasteiger partial charge in [-0.3, -0.25) is 19.7 Å². The Morgan fingerprint density at radius 3 is 2.27 bits per heavy atom. The molecule has 2 aliphatic carbocycles. The fourth-order valence-electron chi connectivity index (χ4n) is 3.97. The number of fused-ring (bicyclic) bond motifs is 5. The molecule has 6 nitrogen and oxygen atoms in total. The highest BCUT2D eigenvalue weighted by Gasteiger charge is 2.60. The van der Waals surface area contributed by atoms with E-state index in [1.165, 1.54) is 12.1 Å². The fourth-order valence-corrected chi connectivity index (χ4v) is 4.32. The highest BCUT2D eigenvalue weighted by molar-refractivity contribution is 9.10. The average Bonchev–Trinajstić information content (AvgIpc) is 3.14. The van der Waals surface area contributed by atoms with E-state index in [0.29, 0.717) is 4.47 Å². The molecule has 0 N–H and O–H groups in total. The van der Waals surface area contributed by atoms with Crippen LogP contribution in [0.2, 0.25) is 0 Å². The number of allylic oxidation sites excluding steroid dienone is 2. The van der Waals surface area contributed by atoms with Gasteiger partial charge in [0.25, 0.3) is 5.69 Å². The Balaban J connectivity index is 1.81. The van der Waals surface area contributed by atoms with Crippen LogP contribution in [0.5, 0.6) is 0 Å². The first-order valence-corrected chi connectivity index (χ1v) is 7.78. The molecule has 4 atom stereocenters. The maximum atomic E-state index is 12.7. The molecule has 1 aromatic carbocycles. The van der Waals surface area contributed by atoms with Gasteiger partial charge in [0.2, 0.25) is 11.8 Å². The van der Waals surface area contributed by atoms with Gasteiger partial charge in [0, 0.05) is 10.5 Å². The lowest BCUT2D eigenvalue weighted by molar-refractivity contribution is -0.384. The molecule has 7 heteroatoms. The van der Waals surface area contributed by atoms with Crippen LogP contribution in [0, 0.1) is 33.8 Å². The first kappa shape index (κ1) is 13.6. The van der Waals surface area contributed by atoms with Crippen molar-refractivity contribution in [2.75, 3.05) is 4.90 Å². The minimum atomic E-state index is -0.568. The maximum Gasteiger partial charge on any atom is 0.294 e. The fraction of sp³-hybridized carbons (Fsp3) is 0.333. The molecule has 2 bridgehead atoms. The number of carbonyl (C=O) groups is 2. The lowest BCUT2D eigenvalue weighted by Gasteiger charge is -2.17. The first-order valence-electron chi connectivity index (χ1n) is 6.99. The summed E-state index contributed by atoms with van der Waals surface area (Å²) >= 11 is 3.18. The van der Waals surface area contributed by atoms with Crippen LogP contribution >= 0.6 is 15.9 Å². The SMILES string of the molecule is O=C1[C@@H]2[C@H](C(=O)N1c1ccc(Br)cc1[N+](=O)[O-])[C@H]1C=C[C@H]2C1. The van der Waals surface area contributed by atoms with Crippen LogP contribution in [0.3, 0.4) is 0 Å². The summed E-state index contributed by atoms with van der Waals surface area (Å²) in [7, 11) is 0. The zero-order valence-corrected chi connectivity index (χ0v) is 12.9. The van der Waals surface area contributed by atoms with Crippen molar-refractivity contribution < 1.29 is 14.5 Å². The van der Waals surface area contributed by atoms with Crippen LogP contribution in [0.25, 0.3) is 0 Å². The van der Waals surface area contributed by atoms with Crippen LogP contribution in [0.15, 0.2) is 34.8 Å². The van der Waals surface area contributed by atoms with E-state index in [1.807, 2.05) is 12.2 Å². The Labute approximate surface area is 134 Å². The van der Waals surface area contributed by atoms with Gasteiger partial charge in [-0.25, -0.2) is 4.90 Å². The van der Waals surface area contributed by atoms with Gasteiger partial charge in [-0.15, -0.1) is 0 Å². The normalized spacial score (nSPS) is 32.0. The van der Waals surface area contributed by atoms with Crippen LogP contribution in [0.1, 0.15) is 6.42 Å². The molecule has 0 spiro atoms. The number of amides is 2. The largest absolute Gasteiger partial charge is 0.294 e. The average molecular weight is 363 g/mol. The number of nitrogens with zero attached hydrogens (tertiary/aromatic N) is 2. The van der Waals surface area contributed by atoms with Crippen LogP contribution in [-0.2, 0) is 9.59 Å². The van der Waals surface area contributed by atoms with Gasteiger partial charge in [-0.1, -0.05) is 28.1 Å². The molecule has 4 rings (SSSR count).